The molecule has 2 aromatic rings. The Morgan fingerprint density at radius 1 is 1.10 bits per heavy atom. The second-order valence-corrected chi connectivity index (χ2v) is 6.75. The predicted octanol–water partition coefficient (Wildman–Crippen LogP) is 2.91. The number of carbonyl (C=O) groups is 2. The molecule has 0 aliphatic rings. The fourth-order valence-corrected chi connectivity index (χ4v) is 2.89. The first-order valence-corrected chi connectivity index (χ1v) is 9.63. The topological polar surface area (TPSA) is 103 Å². The van der Waals surface area contributed by atoms with E-state index < -0.39 is 18.0 Å². The van der Waals surface area contributed by atoms with Gasteiger partial charge in [-0.1, -0.05) is 42.5 Å². The van der Waals surface area contributed by atoms with E-state index in [-0.39, 0.29) is 12.6 Å². The Labute approximate surface area is 171 Å². The van der Waals surface area contributed by atoms with E-state index in [0.717, 1.165) is 16.9 Å². The lowest BCUT2D eigenvalue weighted by Gasteiger charge is -2.21. The van der Waals surface area contributed by atoms with Gasteiger partial charge in [0, 0.05) is 12.6 Å². The molecule has 4 N–H and O–H groups in total. The van der Waals surface area contributed by atoms with E-state index in [0.29, 0.717) is 19.4 Å². The Bertz CT molecular complexity index is 783. The summed E-state index contributed by atoms with van der Waals surface area (Å²) < 4.78 is 10.4. The van der Waals surface area contributed by atoms with Gasteiger partial charge in [-0.15, -0.1) is 0 Å². The van der Waals surface area contributed by atoms with Crippen LogP contribution in [0.4, 0.5) is 4.79 Å². The summed E-state index contributed by atoms with van der Waals surface area (Å²) in [4.78, 5) is 23.6. The molecule has 7 heteroatoms. The first-order valence-electron chi connectivity index (χ1n) is 9.63. The van der Waals surface area contributed by atoms with Crippen molar-refractivity contribution in [1.29, 1.82) is 0 Å². The van der Waals surface area contributed by atoms with E-state index in [4.69, 9.17) is 15.2 Å². The lowest BCUT2D eigenvalue weighted by atomic mass is 10.0. The average molecular weight is 399 g/mol. The zero-order valence-electron chi connectivity index (χ0n) is 16.9. The number of alkyl carbamates (subject to hydrolysis) is 1. The number of nitrogens with two attached hydrogens (primary N) is 1. The number of nitrogens with one attached hydrogen (secondary N) is 2. The molecule has 0 spiro atoms. The van der Waals surface area contributed by atoms with Crippen molar-refractivity contribution in [2.45, 2.75) is 38.5 Å². The molecule has 156 valence electrons. The number of methoxy groups -OCH3 is 1. The smallest absolute Gasteiger partial charge is 0.407 e. The fraction of sp³-hybridized carbons (Fsp3) is 0.364. The summed E-state index contributed by atoms with van der Waals surface area (Å²) in [5.74, 6) is 0.330. The van der Waals surface area contributed by atoms with Gasteiger partial charge in [-0.3, -0.25) is 10.1 Å². The number of carbonyl (C=O) groups excluding carboxylic acids is 2. The van der Waals surface area contributed by atoms with Crippen LogP contribution in [-0.2, 0) is 16.1 Å². The summed E-state index contributed by atoms with van der Waals surface area (Å²) in [6.45, 7) is 2.58. The van der Waals surface area contributed by atoms with Crippen LogP contribution in [0.1, 0.15) is 36.9 Å². The third kappa shape index (κ3) is 7.83. The second kappa shape index (κ2) is 11.7. The molecule has 2 rings (SSSR count). The number of primary amides is 1. The monoisotopic (exact) mass is 399 g/mol. The standard InChI is InChI=1S/C22H29N3O4/c1-16(18-10-6-11-19(14-18)28-2)25-20(21(23)26)12-7-13-24-22(27)29-15-17-8-4-3-5-9-17/h3-6,8-11,14,16,20,25H,7,12-13,15H2,1-2H3,(H2,23,26)(H,24,27)/t16-,20-/m1/s1. The Morgan fingerprint density at radius 3 is 2.55 bits per heavy atom. The summed E-state index contributed by atoms with van der Waals surface area (Å²) in [7, 11) is 1.61. The van der Waals surface area contributed by atoms with E-state index in [1.54, 1.807) is 7.11 Å². The van der Waals surface area contributed by atoms with Crippen molar-refractivity contribution in [3.8, 4) is 5.75 Å². The van der Waals surface area contributed by atoms with Crippen LogP contribution >= 0.6 is 0 Å². The maximum absolute atomic E-state index is 11.8. The highest BCUT2D eigenvalue weighted by Gasteiger charge is 2.18. The van der Waals surface area contributed by atoms with E-state index in [1.807, 2.05) is 61.5 Å². The van der Waals surface area contributed by atoms with E-state index in [9.17, 15) is 9.59 Å². The molecule has 0 aromatic heterocycles. The van der Waals surface area contributed by atoms with Gasteiger partial charge in [0.05, 0.1) is 13.2 Å². The summed E-state index contributed by atoms with van der Waals surface area (Å²) in [5.41, 5.74) is 7.46. The van der Waals surface area contributed by atoms with Crippen LogP contribution in [-0.4, -0.2) is 31.7 Å². The van der Waals surface area contributed by atoms with Crippen molar-refractivity contribution in [2.24, 2.45) is 5.73 Å². The molecule has 0 unspecified atom stereocenters. The minimum absolute atomic E-state index is 0.0774. The van der Waals surface area contributed by atoms with Crippen LogP contribution in [0, 0.1) is 0 Å². The third-order valence-corrected chi connectivity index (χ3v) is 4.54. The van der Waals surface area contributed by atoms with Crippen molar-refractivity contribution in [2.75, 3.05) is 13.7 Å². The Morgan fingerprint density at radius 2 is 1.86 bits per heavy atom. The predicted molar refractivity (Wildman–Crippen MR) is 111 cm³/mol. The molecule has 2 aromatic carbocycles. The quantitative estimate of drug-likeness (QED) is 0.504. The van der Waals surface area contributed by atoms with Gasteiger partial charge in [-0.25, -0.2) is 4.79 Å². The molecular weight excluding hydrogens is 370 g/mol. The summed E-state index contributed by atoms with van der Waals surface area (Å²) in [6, 6.07) is 16.5. The van der Waals surface area contributed by atoms with Gasteiger partial charge < -0.3 is 20.5 Å². The van der Waals surface area contributed by atoms with Gasteiger partial charge in [-0.05, 0) is 43.0 Å². The molecular formula is C22H29N3O4. The molecule has 0 bridgehead atoms. The highest BCUT2D eigenvalue weighted by atomic mass is 16.5. The highest BCUT2D eigenvalue weighted by Crippen LogP contribution is 2.19. The van der Waals surface area contributed by atoms with Gasteiger partial charge in [0.1, 0.15) is 12.4 Å². The van der Waals surface area contributed by atoms with Crippen LogP contribution < -0.4 is 21.1 Å². The molecule has 0 fully saturated rings. The van der Waals surface area contributed by atoms with Crippen LogP contribution in [0.5, 0.6) is 5.75 Å². The lowest BCUT2D eigenvalue weighted by molar-refractivity contribution is -0.120. The largest absolute Gasteiger partial charge is 0.497 e. The third-order valence-electron chi connectivity index (χ3n) is 4.54. The molecule has 0 aliphatic carbocycles. The number of amides is 2. The number of benzene rings is 2. The van der Waals surface area contributed by atoms with Gasteiger partial charge >= 0.3 is 6.09 Å². The van der Waals surface area contributed by atoms with Gasteiger partial charge in [0.15, 0.2) is 0 Å². The summed E-state index contributed by atoms with van der Waals surface area (Å²) >= 11 is 0. The normalized spacial score (nSPS) is 12.6. The molecule has 29 heavy (non-hydrogen) atoms. The molecule has 0 saturated heterocycles. The number of ether oxygens (including phenoxy) is 2. The zero-order chi connectivity index (χ0) is 21.1. The van der Waals surface area contributed by atoms with E-state index in [2.05, 4.69) is 10.6 Å². The maximum atomic E-state index is 11.8. The highest BCUT2D eigenvalue weighted by molar-refractivity contribution is 5.79. The molecule has 7 nitrogen and oxygen atoms in total. The van der Waals surface area contributed by atoms with Crippen LogP contribution in [0.3, 0.4) is 0 Å². The average Bonchev–Trinajstić information content (AvgIpc) is 2.74. The van der Waals surface area contributed by atoms with E-state index >= 15 is 0 Å². The van der Waals surface area contributed by atoms with Crippen molar-refractivity contribution < 1.29 is 19.1 Å². The van der Waals surface area contributed by atoms with Gasteiger partial charge in [-0.2, -0.15) is 0 Å². The lowest BCUT2D eigenvalue weighted by Crippen LogP contribution is -2.43. The minimum atomic E-state index is -0.502. The summed E-state index contributed by atoms with van der Waals surface area (Å²) in [6.07, 6.45) is 0.608. The van der Waals surface area contributed by atoms with Crippen LogP contribution in [0.25, 0.3) is 0 Å². The second-order valence-electron chi connectivity index (χ2n) is 6.75. The number of hydrogen-bond donors (Lipinski definition) is 3. The first-order chi connectivity index (χ1) is 14.0. The van der Waals surface area contributed by atoms with Crippen molar-refractivity contribution in [3.05, 3.63) is 65.7 Å². The minimum Gasteiger partial charge on any atom is -0.497 e. The maximum Gasteiger partial charge on any atom is 0.407 e. The Kier molecular flexibility index (Phi) is 8.98. The molecule has 2 atom stereocenters. The van der Waals surface area contributed by atoms with Crippen molar-refractivity contribution in [1.82, 2.24) is 10.6 Å². The van der Waals surface area contributed by atoms with Crippen LogP contribution in [0.2, 0.25) is 0 Å². The SMILES string of the molecule is COc1cccc([C@@H](C)N[C@H](CCCNC(=O)OCc2ccccc2)C(N)=O)c1. The van der Waals surface area contributed by atoms with Crippen LogP contribution in [0.15, 0.2) is 54.6 Å². The summed E-state index contributed by atoms with van der Waals surface area (Å²) in [5, 5.41) is 5.93. The molecule has 2 amide bonds. The van der Waals surface area contributed by atoms with Crippen molar-refractivity contribution in [3.63, 3.8) is 0 Å². The molecule has 0 heterocycles. The first kappa shape index (κ1) is 22.2. The molecule has 0 saturated carbocycles. The van der Waals surface area contributed by atoms with Crippen molar-refractivity contribution >= 4 is 12.0 Å². The Hall–Kier alpha value is -3.06. The molecule has 0 radical (unpaired) electrons. The zero-order valence-corrected chi connectivity index (χ0v) is 16.9. The number of rotatable bonds is 11. The van der Waals surface area contributed by atoms with E-state index in [1.165, 1.54) is 0 Å². The van der Waals surface area contributed by atoms with Gasteiger partial charge in [0.2, 0.25) is 5.91 Å². The Balaban J connectivity index is 1.73. The molecule has 0 aliphatic heterocycles. The van der Waals surface area contributed by atoms with Gasteiger partial charge in [0.25, 0.3) is 0 Å². The number of hydrogen-bond acceptors (Lipinski definition) is 5. The fourth-order valence-electron chi connectivity index (χ4n) is 2.89.